The molecule has 4 aliphatic rings. The lowest BCUT2D eigenvalue weighted by atomic mass is 9.43. The van der Waals surface area contributed by atoms with Gasteiger partial charge in [-0.15, -0.1) is 0 Å². The van der Waals surface area contributed by atoms with Crippen LogP contribution in [0.2, 0.25) is 0 Å². The zero-order chi connectivity index (χ0) is 23.1. The molecule has 174 valence electrons. The predicted molar refractivity (Wildman–Crippen MR) is 115 cm³/mol. The molecule has 32 heavy (non-hydrogen) atoms. The monoisotopic (exact) mass is 446 g/mol. The number of hydrogen-bond donors (Lipinski definition) is 2. The smallest absolute Gasteiger partial charge is 0.321 e. The van der Waals surface area contributed by atoms with Gasteiger partial charge in [0.2, 0.25) is 0 Å². The summed E-state index contributed by atoms with van der Waals surface area (Å²) in [6.45, 7) is 3.04. The van der Waals surface area contributed by atoms with E-state index in [2.05, 4.69) is 10.6 Å². The van der Waals surface area contributed by atoms with Gasteiger partial charge in [0.05, 0.1) is 12.5 Å². The summed E-state index contributed by atoms with van der Waals surface area (Å²) in [6.07, 6.45) is 4.69. The Morgan fingerprint density at radius 1 is 1.16 bits per heavy atom. The molecule has 7 nitrogen and oxygen atoms in total. The SMILES string of the molecule is COc1ccc(C23CC4CC(CC(C(=O)OCC(=O)NC(=O)NC(C)C)(C4)C2)C3)c(F)c1. The van der Waals surface area contributed by atoms with Crippen LogP contribution in [-0.2, 0) is 19.7 Å². The van der Waals surface area contributed by atoms with E-state index in [1.165, 1.54) is 13.2 Å². The zero-order valence-corrected chi connectivity index (χ0v) is 18.8. The van der Waals surface area contributed by atoms with Crippen molar-refractivity contribution in [3.05, 3.63) is 29.6 Å². The molecule has 0 aliphatic heterocycles. The van der Waals surface area contributed by atoms with Crippen molar-refractivity contribution in [1.29, 1.82) is 0 Å². The Balaban J connectivity index is 1.48. The van der Waals surface area contributed by atoms with Crippen LogP contribution in [0.15, 0.2) is 18.2 Å². The minimum absolute atomic E-state index is 0.119. The lowest BCUT2D eigenvalue weighted by molar-refractivity contribution is -0.175. The maximum atomic E-state index is 15.1. The van der Waals surface area contributed by atoms with Gasteiger partial charge in [-0.3, -0.25) is 14.9 Å². The number of carbonyl (C=O) groups is 3. The van der Waals surface area contributed by atoms with Gasteiger partial charge < -0.3 is 14.8 Å². The third-order valence-electron chi connectivity index (χ3n) is 7.25. The predicted octanol–water partition coefficient (Wildman–Crippen LogP) is 3.45. The Kier molecular flexibility index (Phi) is 5.90. The highest BCUT2D eigenvalue weighted by Gasteiger charge is 2.62. The van der Waals surface area contributed by atoms with E-state index in [0.717, 1.165) is 19.3 Å². The van der Waals surface area contributed by atoms with Gasteiger partial charge in [0.15, 0.2) is 6.61 Å². The number of nitrogens with one attached hydrogen (secondary N) is 2. The number of halogens is 1. The molecule has 0 spiro atoms. The number of hydrogen-bond acceptors (Lipinski definition) is 5. The number of urea groups is 1. The van der Waals surface area contributed by atoms with E-state index in [1.54, 1.807) is 26.0 Å². The van der Waals surface area contributed by atoms with Crippen LogP contribution in [0.4, 0.5) is 9.18 Å². The first-order chi connectivity index (χ1) is 15.1. The highest BCUT2D eigenvalue weighted by atomic mass is 19.1. The highest BCUT2D eigenvalue weighted by Crippen LogP contribution is 2.66. The van der Waals surface area contributed by atoms with Crippen molar-refractivity contribution in [2.24, 2.45) is 17.3 Å². The molecule has 2 unspecified atom stereocenters. The normalized spacial score (nSPS) is 30.2. The average Bonchev–Trinajstić information content (AvgIpc) is 2.70. The molecule has 0 radical (unpaired) electrons. The van der Waals surface area contributed by atoms with Gasteiger partial charge in [-0.2, -0.15) is 0 Å². The van der Waals surface area contributed by atoms with Crippen molar-refractivity contribution in [3.63, 3.8) is 0 Å². The van der Waals surface area contributed by atoms with Crippen LogP contribution in [0.3, 0.4) is 0 Å². The van der Waals surface area contributed by atoms with Crippen LogP contribution in [0.25, 0.3) is 0 Å². The van der Waals surface area contributed by atoms with Crippen LogP contribution in [0.5, 0.6) is 5.75 Å². The fourth-order valence-electron chi connectivity index (χ4n) is 6.61. The molecule has 4 saturated carbocycles. The summed E-state index contributed by atoms with van der Waals surface area (Å²) >= 11 is 0. The molecule has 4 fully saturated rings. The molecule has 4 aliphatic carbocycles. The van der Waals surface area contributed by atoms with Gasteiger partial charge in [0.1, 0.15) is 11.6 Å². The zero-order valence-electron chi connectivity index (χ0n) is 18.8. The quantitative estimate of drug-likeness (QED) is 0.653. The van der Waals surface area contributed by atoms with Gasteiger partial charge >= 0.3 is 12.0 Å². The summed E-state index contributed by atoms with van der Waals surface area (Å²) in [7, 11) is 1.51. The Morgan fingerprint density at radius 2 is 1.84 bits per heavy atom. The van der Waals surface area contributed by atoms with Gasteiger partial charge in [-0.25, -0.2) is 9.18 Å². The van der Waals surface area contributed by atoms with Gasteiger partial charge in [-0.1, -0.05) is 6.07 Å². The molecule has 1 aromatic rings. The van der Waals surface area contributed by atoms with Crippen LogP contribution in [0.1, 0.15) is 57.9 Å². The van der Waals surface area contributed by atoms with E-state index in [4.69, 9.17) is 9.47 Å². The first kappa shape index (κ1) is 22.6. The topological polar surface area (TPSA) is 93.7 Å². The third-order valence-corrected chi connectivity index (χ3v) is 7.25. The Hall–Kier alpha value is -2.64. The molecule has 0 aromatic heterocycles. The standard InChI is InChI=1S/C24H31FN2O5/c1-14(2)26-22(30)27-20(28)12-32-21(29)24-10-15-6-16(11-24)9-23(8-15,13-24)18-5-4-17(31-3)7-19(18)25/h4-5,7,14-16H,6,8-13H2,1-3H3,(H2,26,27,28,30). The van der Waals surface area contributed by atoms with Crippen LogP contribution < -0.4 is 15.4 Å². The largest absolute Gasteiger partial charge is 0.497 e. The second-order valence-electron chi connectivity index (χ2n) is 10.1. The molecular formula is C24H31FN2O5. The summed E-state index contributed by atoms with van der Waals surface area (Å²) in [5, 5.41) is 4.71. The first-order valence-corrected chi connectivity index (χ1v) is 11.3. The Bertz CT molecular complexity index is 917. The third kappa shape index (κ3) is 4.19. The van der Waals surface area contributed by atoms with Crippen molar-refractivity contribution >= 4 is 17.9 Å². The fourth-order valence-corrected chi connectivity index (χ4v) is 6.61. The van der Waals surface area contributed by atoms with Gasteiger partial charge in [0.25, 0.3) is 5.91 Å². The minimum atomic E-state index is -0.711. The summed E-state index contributed by atoms with van der Waals surface area (Å²) in [5.41, 5.74) is -0.469. The second-order valence-corrected chi connectivity index (χ2v) is 10.1. The van der Waals surface area contributed by atoms with E-state index in [-0.39, 0.29) is 11.9 Å². The van der Waals surface area contributed by atoms with Crippen molar-refractivity contribution in [2.75, 3.05) is 13.7 Å². The highest BCUT2D eigenvalue weighted by molar-refractivity contribution is 5.95. The van der Waals surface area contributed by atoms with Crippen LogP contribution >= 0.6 is 0 Å². The maximum Gasteiger partial charge on any atom is 0.321 e. The summed E-state index contributed by atoms with van der Waals surface area (Å²) in [4.78, 5) is 36.9. The number of esters is 1. The molecule has 3 amide bonds. The van der Waals surface area contributed by atoms with Crippen molar-refractivity contribution in [3.8, 4) is 5.75 Å². The van der Waals surface area contributed by atoms with Gasteiger partial charge in [-0.05, 0) is 81.3 Å². The summed E-state index contributed by atoms with van der Waals surface area (Å²) < 4.78 is 25.6. The van der Waals surface area contributed by atoms with E-state index < -0.39 is 35.3 Å². The Labute approximate surface area is 187 Å². The lowest BCUT2D eigenvalue weighted by Gasteiger charge is -2.61. The van der Waals surface area contributed by atoms with Crippen molar-refractivity contribution in [1.82, 2.24) is 10.6 Å². The van der Waals surface area contributed by atoms with E-state index in [1.807, 2.05) is 0 Å². The first-order valence-electron chi connectivity index (χ1n) is 11.3. The average molecular weight is 447 g/mol. The molecule has 5 rings (SSSR count). The van der Waals surface area contributed by atoms with Crippen molar-refractivity contribution < 1.29 is 28.2 Å². The van der Waals surface area contributed by atoms with Crippen molar-refractivity contribution in [2.45, 2.75) is 63.8 Å². The van der Waals surface area contributed by atoms with Crippen LogP contribution in [0, 0.1) is 23.1 Å². The number of ether oxygens (including phenoxy) is 2. The second kappa shape index (κ2) is 8.37. The molecule has 1 aromatic carbocycles. The van der Waals surface area contributed by atoms with Crippen LogP contribution in [-0.4, -0.2) is 37.7 Å². The number of benzene rings is 1. The van der Waals surface area contributed by atoms with E-state index in [0.29, 0.717) is 42.4 Å². The molecule has 8 heteroatoms. The number of rotatable bonds is 6. The number of imide groups is 1. The number of methoxy groups -OCH3 is 1. The fraction of sp³-hybridized carbons (Fsp3) is 0.625. The molecule has 4 bridgehead atoms. The summed E-state index contributed by atoms with van der Waals surface area (Å²) in [6, 6.07) is 4.23. The van der Waals surface area contributed by atoms with Gasteiger partial charge in [0, 0.05) is 12.1 Å². The lowest BCUT2D eigenvalue weighted by Crippen LogP contribution is -2.57. The molecule has 2 atom stereocenters. The molecule has 0 saturated heterocycles. The Morgan fingerprint density at radius 3 is 2.44 bits per heavy atom. The molecule has 2 N–H and O–H groups in total. The molecule has 0 heterocycles. The minimum Gasteiger partial charge on any atom is -0.497 e. The summed E-state index contributed by atoms with van der Waals surface area (Å²) in [5.74, 6) is -0.253. The number of amides is 3. The molecular weight excluding hydrogens is 415 g/mol. The van der Waals surface area contributed by atoms with E-state index in [9.17, 15) is 14.4 Å². The van der Waals surface area contributed by atoms with E-state index >= 15 is 4.39 Å². The maximum absolute atomic E-state index is 15.1. The number of carbonyl (C=O) groups excluding carboxylic acids is 3.